The van der Waals surface area contributed by atoms with Crippen molar-refractivity contribution in [2.45, 2.75) is 28.8 Å². The van der Waals surface area contributed by atoms with Gasteiger partial charge >= 0.3 is 6.18 Å². The van der Waals surface area contributed by atoms with Crippen LogP contribution in [0, 0.1) is 0 Å². The van der Waals surface area contributed by atoms with Gasteiger partial charge in [-0.05, 0) is 18.6 Å². The number of nitrogens with zero attached hydrogens (tertiary/aromatic N) is 1. The Bertz CT molecular complexity index is 817. The maximum Gasteiger partial charge on any atom is 0.417 e. The van der Waals surface area contributed by atoms with Crippen LogP contribution in [0.25, 0.3) is 0 Å². The van der Waals surface area contributed by atoms with E-state index in [1.807, 2.05) is 0 Å². The highest BCUT2D eigenvalue weighted by molar-refractivity contribution is 7.93. The first-order valence-electron chi connectivity index (χ1n) is 6.43. The Morgan fingerprint density at radius 3 is 2.32 bits per heavy atom. The van der Waals surface area contributed by atoms with Crippen LogP contribution in [0.5, 0.6) is 0 Å². The molecular weight excluding hydrogens is 343 g/mol. The predicted molar refractivity (Wildman–Crippen MR) is 71.3 cm³/mol. The molecule has 2 aliphatic rings. The summed E-state index contributed by atoms with van der Waals surface area (Å²) >= 11 is 0. The van der Waals surface area contributed by atoms with E-state index >= 15 is 0 Å². The van der Waals surface area contributed by atoms with Crippen molar-refractivity contribution < 1.29 is 30.0 Å². The number of alkyl halides is 3. The largest absolute Gasteiger partial charge is 0.417 e. The number of benzene rings is 1. The van der Waals surface area contributed by atoms with Crippen LogP contribution in [0.3, 0.4) is 0 Å². The summed E-state index contributed by atoms with van der Waals surface area (Å²) in [6.45, 7) is -0.276. The van der Waals surface area contributed by atoms with Crippen molar-refractivity contribution in [2.75, 3.05) is 12.3 Å². The number of halogens is 3. The molecule has 22 heavy (non-hydrogen) atoms. The first-order valence-corrected chi connectivity index (χ1v) is 9.58. The molecule has 0 saturated carbocycles. The van der Waals surface area contributed by atoms with E-state index < -0.39 is 47.8 Å². The van der Waals surface area contributed by atoms with E-state index in [1.54, 1.807) is 0 Å². The van der Waals surface area contributed by atoms with Crippen molar-refractivity contribution in [1.82, 2.24) is 4.31 Å². The SMILES string of the molecule is O=S1(=O)CC2CC1CN2S(=O)(=O)c1ccccc1C(F)(F)F. The van der Waals surface area contributed by atoms with Crippen LogP contribution in [0.1, 0.15) is 12.0 Å². The fourth-order valence-electron chi connectivity index (χ4n) is 3.01. The fourth-order valence-corrected chi connectivity index (χ4v) is 7.12. The van der Waals surface area contributed by atoms with Crippen LogP contribution in [-0.4, -0.2) is 44.7 Å². The lowest BCUT2D eigenvalue weighted by Gasteiger charge is -2.27. The molecule has 5 nitrogen and oxygen atoms in total. The summed E-state index contributed by atoms with van der Waals surface area (Å²) in [5.74, 6) is -0.328. The monoisotopic (exact) mass is 355 g/mol. The molecular formula is C12H12F3NO4S2. The smallest absolute Gasteiger partial charge is 0.228 e. The van der Waals surface area contributed by atoms with Gasteiger partial charge in [0.25, 0.3) is 0 Å². The Morgan fingerprint density at radius 1 is 1.18 bits per heavy atom. The van der Waals surface area contributed by atoms with Gasteiger partial charge in [-0.25, -0.2) is 16.8 Å². The molecule has 2 fully saturated rings. The summed E-state index contributed by atoms with van der Waals surface area (Å²) in [5, 5.41) is -0.815. The Morgan fingerprint density at radius 2 is 1.82 bits per heavy atom. The van der Waals surface area contributed by atoms with E-state index in [0.717, 1.165) is 16.4 Å². The molecule has 2 aliphatic heterocycles. The van der Waals surface area contributed by atoms with Crippen LogP contribution in [-0.2, 0) is 26.0 Å². The second-order valence-corrected chi connectivity index (χ2v) is 9.59. The first kappa shape index (κ1) is 15.8. The van der Waals surface area contributed by atoms with Gasteiger partial charge in [-0.15, -0.1) is 0 Å². The Hall–Kier alpha value is -1.13. The summed E-state index contributed by atoms with van der Waals surface area (Å²) in [4.78, 5) is -0.826. The average molecular weight is 355 g/mol. The van der Waals surface area contributed by atoms with Gasteiger partial charge in [0.1, 0.15) is 0 Å². The second kappa shape index (κ2) is 4.68. The molecule has 3 rings (SSSR count). The quantitative estimate of drug-likeness (QED) is 0.801. The zero-order chi connectivity index (χ0) is 16.3. The van der Waals surface area contributed by atoms with Gasteiger partial charge in [0.15, 0.2) is 9.84 Å². The minimum Gasteiger partial charge on any atom is -0.228 e. The molecule has 0 aliphatic carbocycles. The normalized spacial score (nSPS) is 28.1. The average Bonchev–Trinajstić information content (AvgIpc) is 2.93. The second-order valence-electron chi connectivity index (χ2n) is 5.41. The fraction of sp³-hybridized carbons (Fsp3) is 0.500. The van der Waals surface area contributed by atoms with E-state index in [0.29, 0.717) is 6.07 Å². The third-order valence-corrected chi connectivity index (χ3v) is 8.22. The van der Waals surface area contributed by atoms with Gasteiger partial charge < -0.3 is 0 Å². The molecule has 1 aromatic carbocycles. The molecule has 2 atom stereocenters. The molecule has 0 aromatic heterocycles. The standard InChI is InChI=1S/C12H12F3NO4S2/c13-12(14,15)10-3-1-2-4-11(10)22(19,20)16-6-9-5-8(16)7-21(9,17)18/h1-4,8-9H,5-7H2. The van der Waals surface area contributed by atoms with Crippen LogP contribution < -0.4 is 0 Å². The van der Waals surface area contributed by atoms with Gasteiger partial charge in [0.2, 0.25) is 10.0 Å². The minimum absolute atomic E-state index is 0.149. The van der Waals surface area contributed by atoms with Crippen molar-refractivity contribution in [1.29, 1.82) is 0 Å². The predicted octanol–water partition coefficient (Wildman–Crippen LogP) is 1.27. The van der Waals surface area contributed by atoms with Crippen molar-refractivity contribution >= 4 is 19.9 Å². The van der Waals surface area contributed by atoms with Crippen molar-refractivity contribution in [2.24, 2.45) is 0 Å². The molecule has 0 N–H and O–H groups in total. The first-order chi connectivity index (χ1) is 10.0. The Balaban J connectivity index is 2.04. The van der Waals surface area contributed by atoms with Gasteiger partial charge in [0, 0.05) is 12.6 Å². The zero-order valence-electron chi connectivity index (χ0n) is 11.1. The minimum atomic E-state index is -4.80. The van der Waals surface area contributed by atoms with Crippen molar-refractivity contribution in [3.8, 4) is 0 Å². The number of sulfonamides is 1. The van der Waals surface area contributed by atoms with Crippen molar-refractivity contribution in [3.63, 3.8) is 0 Å². The van der Waals surface area contributed by atoms with Gasteiger partial charge in [-0.2, -0.15) is 17.5 Å². The maximum atomic E-state index is 13.0. The number of fused-ring (bicyclic) bond motifs is 2. The van der Waals surface area contributed by atoms with E-state index in [9.17, 15) is 30.0 Å². The molecule has 0 amide bonds. The molecule has 2 saturated heterocycles. The molecule has 0 spiro atoms. The van der Waals surface area contributed by atoms with Gasteiger partial charge in [-0.1, -0.05) is 12.1 Å². The summed E-state index contributed by atoms with van der Waals surface area (Å²) in [6, 6.07) is 3.16. The van der Waals surface area contributed by atoms with Gasteiger partial charge in [0.05, 0.1) is 21.5 Å². The molecule has 2 heterocycles. The topological polar surface area (TPSA) is 71.5 Å². The zero-order valence-corrected chi connectivity index (χ0v) is 12.7. The number of hydrogen-bond donors (Lipinski definition) is 0. The Kier molecular flexibility index (Phi) is 3.35. The molecule has 122 valence electrons. The number of hydrogen-bond acceptors (Lipinski definition) is 4. The lowest BCUT2D eigenvalue weighted by molar-refractivity contribution is -0.139. The van der Waals surface area contributed by atoms with E-state index in [4.69, 9.17) is 0 Å². The highest BCUT2D eigenvalue weighted by Gasteiger charge is 2.53. The summed E-state index contributed by atoms with van der Waals surface area (Å²) in [7, 11) is -7.71. The third-order valence-electron chi connectivity index (χ3n) is 4.04. The highest BCUT2D eigenvalue weighted by atomic mass is 32.2. The number of sulfone groups is 1. The molecule has 10 heteroatoms. The summed E-state index contributed by atoms with van der Waals surface area (Å²) in [5.41, 5.74) is -1.24. The summed E-state index contributed by atoms with van der Waals surface area (Å²) in [6.07, 6.45) is -4.65. The van der Waals surface area contributed by atoms with E-state index in [2.05, 4.69) is 0 Å². The van der Waals surface area contributed by atoms with Crippen LogP contribution >= 0.6 is 0 Å². The lowest BCUT2D eigenvalue weighted by atomic mass is 10.2. The highest BCUT2D eigenvalue weighted by Crippen LogP contribution is 2.40. The van der Waals surface area contributed by atoms with Crippen LogP contribution in [0.2, 0.25) is 0 Å². The van der Waals surface area contributed by atoms with Crippen LogP contribution in [0.15, 0.2) is 29.2 Å². The summed E-state index contributed by atoms with van der Waals surface area (Å²) < 4.78 is 88.3. The Labute approximate surface area is 125 Å². The van der Waals surface area contributed by atoms with Crippen molar-refractivity contribution in [3.05, 3.63) is 29.8 Å². The lowest BCUT2D eigenvalue weighted by Crippen LogP contribution is -2.44. The van der Waals surface area contributed by atoms with Crippen LogP contribution in [0.4, 0.5) is 13.2 Å². The van der Waals surface area contributed by atoms with E-state index in [-0.39, 0.29) is 18.7 Å². The molecule has 1 aromatic rings. The van der Waals surface area contributed by atoms with Gasteiger partial charge in [-0.3, -0.25) is 0 Å². The number of rotatable bonds is 2. The molecule has 2 unspecified atom stereocenters. The molecule has 0 radical (unpaired) electrons. The molecule has 2 bridgehead atoms. The third kappa shape index (κ3) is 2.33. The maximum absolute atomic E-state index is 13.0. The van der Waals surface area contributed by atoms with E-state index in [1.165, 1.54) is 6.07 Å².